The van der Waals surface area contributed by atoms with E-state index >= 15 is 0 Å². The Balaban J connectivity index is 2.18. The second-order valence-corrected chi connectivity index (χ2v) is 3.98. The van der Waals surface area contributed by atoms with E-state index in [0.29, 0.717) is 5.56 Å². The minimum absolute atomic E-state index is 0.0522. The van der Waals surface area contributed by atoms with Crippen LogP contribution in [0.25, 0.3) is 0 Å². The molecule has 0 atom stereocenters. The quantitative estimate of drug-likeness (QED) is 0.935. The summed E-state index contributed by atoms with van der Waals surface area (Å²) in [4.78, 5) is 10.9. The highest BCUT2D eigenvalue weighted by atomic mass is 19.2. The summed E-state index contributed by atoms with van der Waals surface area (Å²) in [7, 11) is 0. The molecule has 3 nitrogen and oxygen atoms in total. The molecule has 104 valence electrons. The molecular formula is C14H9F3O3. The average molecular weight is 282 g/mol. The topological polar surface area (TPSA) is 46.5 Å². The van der Waals surface area contributed by atoms with Crippen molar-refractivity contribution in [3.05, 3.63) is 65.0 Å². The van der Waals surface area contributed by atoms with Crippen LogP contribution < -0.4 is 4.74 Å². The number of carbonyl (C=O) groups is 1. The fourth-order valence-corrected chi connectivity index (χ4v) is 1.59. The number of hydrogen-bond donors (Lipinski definition) is 1. The number of aromatic carboxylic acids is 1. The van der Waals surface area contributed by atoms with Crippen molar-refractivity contribution in [3.8, 4) is 5.75 Å². The van der Waals surface area contributed by atoms with Gasteiger partial charge in [-0.1, -0.05) is 6.07 Å². The van der Waals surface area contributed by atoms with Crippen molar-refractivity contribution in [1.29, 1.82) is 0 Å². The van der Waals surface area contributed by atoms with Gasteiger partial charge in [-0.3, -0.25) is 0 Å². The molecule has 0 fully saturated rings. The van der Waals surface area contributed by atoms with Crippen LogP contribution in [-0.2, 0) is 6.61 Å². The second kappa shape index (κ2) is 5.64. The first-order chi connectivity index (χ1) is 9.47. The molecule has 0 aliphatic carbocycles. The van der Waals surface area contributed by atoms with Crippen LogP contribution in [-0.4, -0.2) is 11.1 Å². The SMILES string of the molecule is O=C(O)c1cc(F)ccc1OCc1ccc(F)c(F)c1. The van der Waals surface area contributed by atoms with Crippen LogP contribution in [0.5, 0.6) is 5.75 Å². The zero-order chi connectivity index (χ0) is 14.7. The molecule has 2 rings (SSSR count). The average Bonchev–Trinajstić information content (AvgIpc) is 2.41. The van der Waals surface area contributed by atoms with E-state index in [1.54, 1.807) is 0 Å². The molecule has 0 aliphatic heterocycles. The standard InChI is InChI=1S/C14H9F3O3/c15-9-2-4-13(10(6-9)14(18)19)20-7-8-1-3-11(16)12(17)5-8/h1-6H,7H2,(H,18,19). The molecule has 2 aromatic carbocycles. The molecule has 0 saturated heterocycles. The maximum Gasteiger partial charge on any atom is 0.339 e. The van der Waals surface area contributed by atoms with E-state index in [1.807, 2.05) is 0 Å². The Labute approximate surface area is 112 Å². The van der Waals surface area contributed by atoms with Gasteiger partial charge >= 0.3 is 5.97 Å². The third kappa shape index (κ3) is 3.09. The Morgan fingerprint density at radius 3 is 2.45 bits per heavy atom. The first-order valence-corrected chi connectivity index (χ1v) is 5.57. The van der Waals surface area contributed by atoms with Gasteiger partial charge in [-0.15, -0.1) is 0 Å². The van der Waals surface area contributed by atoms with E-state index in [4.69, 9.17) is 9.84 Å². The Morgan fingerprint density at radius 2 is 1.80 bits per heavy atom. The fourth-order valence-electron chi connectivity index (χ4n) is 1.59. The zero-order valence-electron chi connectivity index (χ0n) is 10.1. The lowest BCUT2D eigenvalue weighted by Gasteiger charge is -2.09. The number of ether oxygens (including phenoxy) is 1. The Bertz CT molecular complexity index is 656. The summed E-state index contributed by atoms with van der Waals surface area (Å²) >= 11 is 0. The minimum Gasteiger partial charge on any atom is -0.488 e. The van der Waals surface area contributed by atoms with Gasteiger partial charge in [-0.25, -0.2) is 18.0 Å². The van der Waals surface area contributed by atoms with Gasteiger partial charge in [-0.2, -0.15) is 0 Å². The van der Waals surface area contributed by atoms with E-state index in [-0.39, 0.29) is 17.9 Å². The molecule has 6 heteroatoms. The van der Waals surface area contributed by atoms with Gasteiger partial charge in [0.1, 0.15) is 23.7 Å². The third-order valence-corrected chi connectivity index (χ3v) is 2.55. The van der Waals surface area contributed by atoms with Crippen LogP contribution in [0.1, 0.15) is 15.9 Å². The number of carboxylic acids is 1. The smallest absolute Gasteiger partial charge is 0.339 e. The van der Waals surface area contributed by atoms with Crippen molar-refractivity contribution in [2.45, 2.75) is 6.61 Å². The Kier molecular flexibility index (Phi) is 3.93. The van der Waals surface area contributed by atoms with Crippen LogP contribution in [0.2, 0.25) is 0 Å². The summed E-state index contributed by atoms with van der Waals surface area (Å²) in [6, 6.07) is 6.23. The Hall–Kier alpha value is -2.50. The van der Waals surface area contributed by atoms with Crippen molar-refractivity contribution in [3.63, 3.8) is 0 Å². The van der Waals surface area contributed by atoms with Gasteiger partial charge in [0.05, 0.1) is 0 Å². The third-order valence-electron chi connectivity index (χ3n) is 2.55. The summed E-state index contributed by atoms with van der Waals surface area (Å²) < 4.78 is 43.9. The minimum atomic E-state index is -1.34. The van der Waals surface area contributed by atoms with Crippen LogP contribution in [0.15, 0.2) is 36.4 Å². The lowest BCUT2D eigenvalue weighted by atomic mass is 10.2. The Morgan fingerprint density at radius 1 is 1.05 bits per heavy atom. The first-order valence-electron chi connectivity index (χ1n) is 5.57. The first kappa shape index (κ1) is 13.9. The molecule has 0 spiro atoms. The predicted molar refractivity (Wildman–Crippen MR) is 64.0 cm³/mol. The maximum absolute atomic E-state index is 13.0. The second-order valence-electron chi connectivity index (χ2n) is 3.98. The molecule has 0 saturated carbocycles. The highest BCUT2D eigenvalue weighted by Crippen LogP contribution is 2.21. The molecule has 20 heavy (non-hydrogen) atoms. The van der Waals surface area contributed by atoms with Crippen LogP contribution in [0.3, 0.4) is 0 Å². The van der Waals surface area contributed by atoms with Gasteiger partial charge in [0.2, 0.25) is 0 Å². The summed E-state index contributed by atoms with van der Waals surface area (Å²) in [5.41, 5.74) is -0.0165. The highest BCUT2D eigenvalue weighted by Gasteiger charge is 2.13. The van der Waals surface area contributed by atoms with Gasteiger partial charge in [0.25, 0.3) is 0 Å². The van der Waals surface area contributed by atoms with Crippen molar-refractivity contribution in [2.75, 3.05) is 0 Å². The fraction of sp³-hybridized carbons (Fsp3) is 0.0714. The van der Waals surface area contributed by atoms with Crippen molar-refractivity contribution in [2.24, 2.45) is 0 Å². The summed E-state index contributed by atoms with van der Waals surface area (Å²) in [6.07, 6.45) is 0. The van der Waals surface area contributed by atoms with Gasteiger partial charge < -0.3 is 9.84 Å². The molecule has 0 radical (unpaired) electrons. The summed E-state index contributed by atoms with van der Waals surface area (Å²) in [6.45, 7) is -0.164. The summed E-state index contributed by atoms with van der Waals surface area (Å²) in [5, 5.41) is 8.91. The molecular weight excluding hydrogens is 273 g/mol. The molecule has 0 aliphatic rings. The lowest BCUT2D eigenvalue weighted by Crippen LogP contribution is -2.04. The normalized spacial score (nSPS) is 10.3. The van der Waals surface area contributed by atoms with Crippen molar-refractivity contribution >= 4 is 5.97 Å². The molecule has 0 amide bonds. The lowest BCUT2D eigenvalue weighted by molar-refractivity contribution is 0.0691. The van der Waals surface area contributed by atoms with Crippen molar-refractivity contribution < 1.29 is 27.8 Å². The van der Waals surface area contributed by atoms with E-state index in [9.17, 15) is 18.0 Å². The highest BCUT2D eigenvalue weighted by molar-refractivity contribution is 5.90. The van der Waals surface area contributed by atoms with E-state index in [2.05, 4.69) is 0 Å². The van der Waals surface area contributed by atoms with Crippen LogP contribution in [0, 0.1) is 17.5 Å². The number of rotatable bonds is 4. The molecule has 2 aromatic rings. The van der Waals surface area contributed by atoms with E-state index in [1.165, 1.54) is 12.1 Å². The molecule has 0 unspecified atom stereocenters. The number of hydrogen-bond acceptors (Lipinski definition) is 2. The van der Waals surface area contributed by atoms with Gasteiger partial charge in [0.15, 0.2) is 11.6 Å². The number of carboxylic acid groups (broad SMARTS) is 1. The largest absolute Gasteiger partial charge is 0.488 e. The van der Waals surface area contributed by atoms with E-state index in [0.717, 1.165) is 24.3 Å². The molecule has 1 N–H and O–H groups in total. The summed E-state index contributed by atoms with van der Waals surface area (Å²) in [5.74, 6) is -4.11. The molecule has 0 bridgehead atoms. The van der Waals surface area contributed by atoms with Gasteiger partial charge in [0, 0.05) is 0 Å². The zero-order valence-corrected chi connectivity index (χ0v) is 10.1. The number of halogens is 3. The van der Waals surface area contributed by atoms with Crippen LogP contribution >= 0.6 is 0 Å². The van der Waals surface area contributed by atoms with Crippen LogP contribution in [0.4, 0.5) is 13.2 Å². The monoisotopic (exact) mass is 282 g/mol. The predicted octanol–water partition coefficient (Wildman–Crippen LogP) is 3.38. The number of benzene rings is 2. The van der Waals surface area contributed by atoms with Gasteiger partial charge in [-0.05, 0) is 35.9 Å². The maximum atomic E-state index is 13.0. The molecule has 0 aromatic heterocycles. The van der Waals surface area contributed by atoms with Crippen molar-refractivity contribution in [1.82, 2.24) is 0 Å². The molecule has 0 heterocycles. The van der Waals surface area contributed by atoms with E-state index < -0.39 is 23.4 Å².